The number of amides is 1. The number of halogens is 2. The van der Waals surface area contributed by atoms with Crippen LogP contribution in [0.3, 0.4) is 0 Å². The van der Waals surface area contributed by atoms with E-state index in [0.29, 0.717) is 32.2 Å². The molecule has 2 aromatic rings. The molecule has 1 amide bonds. The number of anilines is 2. The normalized spacial score (nSPS) is 14.7. The molecule has 0 unspecified atom stereocenters. The lowest BCUT2D eigenvalue weighted by Gasteiger charge is -2.35. The third-order valence-electron chi connectivity index (χ3n) is 4.76. The van der Waals surface area contributed by atoms with E-state index in [9.17, 15) is 4.79 Å². The number of carbonyl (C=O) groups excluding carboxylic acids is 1. The first-order valence-electron chi connectivity index (χ1n) is 8.89. The van der Waals surface area contributed by atoms with E-state index in [2.05, 4.69) is 38.1 Å². The molecule has 0 radical (unpaired) electrons. The largest absolute Gasteiger partial charge is 0.495 e. The molecule has 0 spiro atoms. The van der Waals surface area contributed by atoms with Gasteiger partial charge in [0.2, 0.25) is 0 Å². The summed E-state index contributed by atoms with van der Waals surface area (Å²) in [6.07, 6.45) is 0. The molecule has 0 saturated carbocycles. The molecular formula is C20H23BrClN3O3. The van der Waals surface area contributed by atoms with Crippen LogP contribution in [0.1, 0.15) is 10.4 Å². The lowest BCUT2D eigenvalue weighted by atomic mass is 10.1. The molecule has 2 aromatic carbocycles. The van der Waals surface area contributed by atoms with Gasteiger partial charge < -0.3 is 24.6 Å². The van der Waals surface area contributed by atoms with Crippen molar-refractivity contribution < 1.29 is 14.3 Å². The predicted octanol–water partition coefficient (Wildman–Crippen LogP) is 4.12. The van der Waals surface area contributed by atoms with Crippen LogP contribution in [0, 0.1) is 0 Å². The number of hydrogen-bond donors (Lipinski definition) is 1. The lowest BCUT2D eigenvalue weighted by Crippen LogP contribution is -2.44. The van der Waals surface area contributed by atoms with E-state index in [1.165, 1.54) is 0 Å². The summed E-state index contributed by atoms with van der Waals surface area (Å²) in [5.74, 6) is 0.784. The summed E-state index contributed by atoms with van der Waals surface area (Å²) in [6, 6.07) is 8.91. The van der Waals surface area contributed by atoms with E-state index >= 15 is 0 Å². The summed E-state index contributed by atoms with van der Waals surface area (Å²) in [5.41, 5.74) is 2.08. The summed E-state index contributed by atoms with van der Waals surface area (Å²) in [5, 5.41) is 3.56. The molecule has 8 heteroatoms. The van der Waals surface area contributed by atoms with E-state index in [0.717, 1.165) is 31.9 Å². The van der Waals surface area contributed by atoms with E-state index in [-0.39, 0.29) is 5.91 Å². The van der Waals surface area contributed by atoms with Crippen LogP contribution < -0.4 is 19.7 Å². The number of carbonyl (C=O) groups is 1. The van der Waals surface area contributed by atoms with Gasteiger partial charge in [-0.05, 0) is 53.3 Å². The van der Waals surface area contributed by atoms with Crippen molar-refractivity contribution in [1.82, 2.24) is 4.90 Å². The van der Waals surface area contributed by atoms with Crippen LogP contribution >= 0.6 is 27.5 Å². The van der Waals surface area contributed by atoms with Crippen LogP contribution in [0.25, 0.3) is 0 Å². The highest BCUT2D eigenvalue weighted by Gasteiger charge is 2.20. The first kappa shape index (κ1) is 20.8. The average Bonchev–Trinajstić information content (AvgIpc) is 2.69. The number of likely N-dealkylation sites (N-methyl/N-ethyl adjacent to an activating group) is 1. The molecular weight excluding hydrogens is 446 g/mol. The van der Waals surface area contributed by atoms with Gasteiger partial charge in [0, 0.05) is 36.8 Å². The number of ether oxygens (including phenoxy) is 2. The lowest BCUT2D eigenvalue weighted by molar-refractivity contribution is 0.102. The van der Waals surface area contributed by atoms with Crippen molar-refractivity contribution in [2.75, 3.05) is 57.7 Å². The van der Waals surface area contributed by atoms with Crippen molar-refractivity contribution in [3.8, 4) is 11.5 Å². The van der Waals surface area contributed by atoms with Crippen LogP contribution in [0.2, 0.25) is 5.02 Å². The molecule has 3 rings (SSSR count). The average molecular weight is 469 g/mol. The van der Waals surface area contributed by atoms with Crippen LogP contribution in [-0.4, -0.2) is 58.3 Å². The molecule has 150 valence electrons. The van der Waals surface area contributed by atoms with Gasteiger partial charge in [0.15, 0.2) is 0 Å². The molecule has 0 aromatic heterocycles. The first-order chi connectivity index (χ1) is 13.4. The summed E-state index contributed by atoms with van der Waals surface area (Å²) in [6.45, 7) is 3.72. The smallest absolute Gasteiger partial charge is 0.255 e. The zero-order chi connectivity index (χ0) is 20.3. The highest BCUT2D eigenvalue weighted by molar-refractivity contribution is 9.10. The fourth-order valence-electron chi connectivity index (χ4n) is 3.13. The Morgan fingerprint density at radius 3 is 2.25 bits per heavy atom. The molecule has 0 aliphatic carbocycles. The first-order valence-corrected chi connectivity index (χ1v) is 10.1. The zero-order valence-electron chi connectivity index (χ0n) is 16.1. The number of piperazine rings is 1. The topological polar surface area (TPSA) is 54.0 Å². The maximum Gasteiger partial charge on any atom is 0.255 e. The minimum atomic E-state index is -0.262. The van der Waals surface area contributed by atoms with Gasteiger partial charge in [0.25, 0.3) is 5.91 Å². The Kier molecular flexibility index (Phi) is 6.69. The van der Waals surface area contributed by atoms with E-state index in [4.69, 9.17) is 21.1 Å². The third-order valence-corrected chi connectivity index (χ3v) is 5.78. The molecule has 6 nitrogen and oxygen atoms in total. The van der Waals surface area contributed by atoms with E-state index < -0.39 is 0 Å². The molecule has 28 heavy (non-hydrogen) atoms. The Balaban J connectivity index is 1.89. The quantitative estimate of drug-likeness (QED) is 0.715. The molecule has 0 atom stereocenters. The maximum absolute atomic E-state index is 13.0. The van der Waals surface area contributed by atoms with Crippen LogP contribution in [0.5, 0.6) is 11.5 Å². The predicted molar refractivity (Wildman–Crippen MR) is 116 cm³/mol. The van der Waals surface area contributed by atoms with E-state index in [1.54, 1.807) is 32.4 Å². The number of benzene rings is 2. The minimum Gasteiger partial charge on any atom is -0.495 e. The van der Waals surface area contributed by atoms with Crippen molar-refractivity contribution in [2.45, 2.75) is 0 Å². The molecule has 1 aliphatic rings. The van der Waals surface area contributed by atoms with Gasteiger partial charge >= 0.3 is 0 Å². The zero-order valence-corrected chi connectivity index (χ0v) is 18.4. The van der Waals surface area contributed by atoms with Gasteiger partial charge in [-0.3, -0.25) is 4.79 Å². The second-order valence-corrected chi connectivity index (χ2v) is 7.83. The van der Waals surface area contributed by atoms with Gasteiger partial charge in [0.05, 0.1) is 25.6 Å². The summed E-state index contributed by atoms with van der Waals surface area (Å²) < 4.78 is 11.3. The molecule has 1 aliphatic heterocycles. The number of methoxy groups -OCH3 is 2. The second kappa shape index (κ2) is 9.03. The van der Waals surface area contributed by atoms with Crippen molar-refractivity contribution in [2.24, 2.45) is 0 Å². The Hall–Kier alpha value is -1.96. The van der Waals surface area contributed by atoms with Crippen LogP contribution in [0.15, 0.2) is 34.8 Å². The third kappa shape index (κ3) is 4.54. The van der Waals surface area contributed by atoms with Crippen molar-refractivity contribution in [3.63, 3.8) is 0 Å². The van der Waals surface area contributed by atoms with Crippen LogP contribution in [0.4, 0.5) is 11.4 Å². The number of rotatable bonds is 5. The van der Waals surface area contributed by atoms with Gasteiger partial charge in [-0.1, -0.05) is 11.6 Å². The molecule has 1 N–H and O–H groups in total. The fourth-order valence-corrected chi connectivity index (χ4v) is 3.85. The van der Waals surface area contributed by atoms with E-state index in [1.807, 2.05) is 12.1 Å². The Morgan fingerprint density at radius 1 is 1.07 bits per heavy atom. The summed E-state index contributed by atoms with van der Waals surface area (Å²) in [4.78, 5) is 17.5. The second-order valence-electron chi connectivity index (χ2n) is 6.60. The SMILES string of the molecule is COc1cc(C(=O)Nc2cc(Cl)ccc2N2CCN(C)CC2)cc(OC)c1Br. The van der Waals surface area contributed by atoms with Gasteiger partial charge in [-0.25, -0.2) is 0 Å². The molecule has 1 heterocycles. The Labute approximate surface area is 178 Å². The molecule has 1 saturated heterocycles. The number of nitrogens with one attached hydrogen (secondary N) is 1. The highest BCUT2D eigenvalue weighted by atomic mass is 79.9. The standard InChI is InChI=1S/C20H23BrClN3O3/c1-24-6-8-25(9-7-24)16-5-4-14(22)12-15(16)23-20(26)13-10-17(27-2)19(21)18(11-13)28-3/h4-5,10-12H,6-9H2,1-3H3,(H,23,26). The van der Waals surface area contributed by atoms with Crippen molar-refractivity contribution in [3.05, 3.63) is 45.4 Å². The maximum atomic E-state index is 13.0. The van der Waals surface area contributed by atoms with Crippen LogP contribution in [-0.2, 0) is 0 Å². The highest BCUT2D eigenvalue weighted by Crippen LogP contribution is 2.36. The minimum absolute atomic E-state index is 0.262. The fraction of sp³-hybridized carbons (Fsp3) is 0.350. The molecule has 1 fully saturated rings. The number of hydrogen-bond acceptors (Lipinski definition) is 5. The van der Waals surface area contributed by atoms with Gasteiger partial charge in [-0.15, -0.1) is 0 Å². The van der Waals surface area contributed by atoms with Crippen molar-refractivity contribution in [1.29, 1.82) is 0 Å². The number of nitrogens with zero attached hydrogens (tertiary/aromatic N) is 2. The monoisotopic (exact) mass is 467 g/mol. The summed E-state index contributed by atoms with van der Waals surface area (Å²) in [7, 11) is 5.20. The van der Waals surface area contributed by atoms with Gasteiger partial charge in [-0.2, -0.15) is 0 Å². The Bertz CT molecular complexity index is 845. The van der Waals surface area contributed by atoms with Gasteiger partial charge in [0.1, 0.15) is 16.0 Å². The summed E-state index contributed by atoms with van der Waals surface area (Å²) >= 11 is 9.62. The van der Waals surface area contributed by atoms with Crippen molar-refractivity contribution >= 4 is 44.8 Å². The Morgan fingerprint density at radius 2 is 1.68 bits per heavy atom. The molecule has 0 bridgehead atoms.